The Morgan fingerprint density at radius 2 is 1.78 bits per heavy atom. The van der Waals surface area contributed by atoms with E-state index in [1.807, 2.05) is 0 Å². The quantitative estimate of drug-likeness (QED) is 0.592. The summed E-state index contributed by atoms with van der Waals surface area (Å²) in [6.07, 6.45) is 0.0251. The first kappa shape index (κ1) is 20.5. The third-order valence-electron chi connectivity index (χ3n) is 6.05. The van der Waals surface area contributed by atoms with E-state index in [1.54, 1.807) is 0 Å². The fourth-order valence-electron chi connectivity index (χ4n) is 4.48. The maximum atomic E-state index is 14.1. The van der Waals surface area contributed by atoms with Crippen LogP contribution in [-0.4, -0.2) is 35.5 Å². The first-order valence-electron chi connectivity index (χ1n) is 9.87. The molecule has 0 unspecified atom stereocenters. The maximum Gasteiger partial charge on any atom is 0.256 e. The van der Waals surface area contributed by atoms with Crippen LogP contribution in [-0.2, 0) is 22.6 Å². The average molecular weight is 447 g/mol. The number of ether oxygens (including phenoxy) is 1. The highest BCUT2D eigenvalue weighted by atomic mass is 19.2. The van der Waals surface area contributed by atoms with Crippen LogP contribution in [0.3, 0.4) is 0 Å². The number of rotatable bonds is 2. The summed E-state index contributed by atoms with van der Waals surface area (Å²) in [6, 6.07) is 2.09. The number of nitrogens with one attached hydrogen (secondary N) is 2. The molecule has 0 saturated carbocycles. The van der Waals surface area contributed by atoms with E-state index in [0.29, 0.717) is 11.3 Å². The Morgan fingerprint density at radius 1 is 1.06 bits per heavy atom. The summed E-state index contributed by atoms with van der Waals surface area (Å²) in [7, 11) is 1.50. The molecule has 0 saturated heterocycles. The topological polar surface area (TPSA) is 74.4 Å². The Kier molecular flexibility index (Phi) is 4.70. The number of halogens is 4. The van der Waals surface area contributed by atoms with Gasteiger partial charge in [0.25, 0.3) is 5.56 Å². The van der Waals surface area contributed by atoms with Gasteiger partial charge in [0.2, 0.25) is 5.91 Å². The number of H-pyrrole nitrogens is 1. The molecule has 2 N–H and O–H groups in total. The van der Waals surface area contributed by atoms with Crippen molar-refractivity contribution in [2.75, 3.05) is 19.0 Å². The molecule has 1 amide bonds. The monoisotopic (exact) mass is 447 g/mol. The van der Waals surface area contributed by atoms with Crippen molar-refractivity contribution in [1.82, 2.24) is 9.88 Å². The third kappa shape index (κ3) is 3.13. The van der Waals surface area contributed by atoms with Crippen molar-refractivity contribution in [1.29, 1.82) is 0 Å². The summed E-state index contributed by atoms with van der Waals surface area (Å²) in [5.41, 5.74) is 0.641. The fraction of sp³-hybridized carbons (Fsp3) is 0.273. The summed E-state index contributed by atoms with van der Waals surface area (Å²) >= 11 is 0. The van der Waals surface area contributed by atoms with Crippen LogP contribution in [0, 0.1) is 23.3 Å². The van der Waals surface area contributed by atoms with Crippen molar-refractivity contribution in [2.45, 2.75) is 25.1 Å². The number of amides is 1. The highest BCUT2D eigenvalue weighted by Gasteiger charge is 2.36. The van der Waals surface area contributed by atoms with Gasteiger partial charge < -0.3 is 19.9 Å². The minimum atomic E-state index is -1.15. The highest BCUT2D eigenvalue weighted by molar-refractivity contribution is 5.90. The Balaban J connectivity index is 1.52. The zero-order valence-electron chi connectivity index (χ0n) is 16.8. The molecule has 2 aliphatic heterocycles. The van der Waals surface area contributed by atoms with E-state index in [4.69, 9.17) is 4.74 Å². The largest absolute Gasteiger partial charge is 0.373 e. The predicted octanol–water partition coefficient (Wildman–Crippen LogP) is 3.15. The molecule has 0 spiro atoms. The summed E-state index contributed by atoms with van der Waals surface area (Å²) in [5, 5.41) is 2.99. The molecule has 10 heteroatoms. The first-order valence-corrected chi connectivity index (χ1v) is 9.87. The van der Waals surface area contributed by atoms with Gasteiger partial charge in [-0.2, -0.15) is 0 Å². The standard InChI is InChI=1S/C22H17F4N3O3/c1-29(22(31)17-6-12-13(24)2-9(23)3-16(12)27-17)19-8-32-7-18-20(19)10-4-14(25)15(26)5-11(10)21(30)28-18/h2-5,17,19,27H,6-8H2,1H3,(H,28,30)/t17-,19+/m1/s1. The molecular formula is C22H17F4N3O3. The molecule has 5 rings (SSSR count). The Labute approximate surface area is 178 Å². The molecular weight excluding hydrogens is 430 g/mol. The number of carbonyl (C=O) groups excluding carboxylic acids is 1. The van der Waals surface area contributed by atoms with Gasteiger partial charge in [0.1, 0.15) is 17.7 Å². The molecule has 0 bridgehead atoms. The molecule has 0 fully saturated rings. The van der Waals surface area contributed by atoms with Gasteiger partial charge in [-0.15, -0.1) is 0 Å². The molecule has 2 aromatic carbocycles. The maximum absolute atomic E-state index is 14.1. The van der Waals surface area contributed by atoms with Gasteiger partial charge in [-0.1, -0.05) is 0 Å². The van der Waals surface area contributed by atoms with Crippen molar-refractivity contribution in [3.63, 3.8) is 0 Å². The van der Waals surface area contributed by atoms with Gasteiger partial charge in [-0.25, -0.2) is 17.6 Å². The predicted molar refractivity (Wildman–Crippen MR) is 107 cm³/mol. The van der Waals surface area contributed by atoms with E-state index in [2.05, 4.69) is 10.3 Å². The first-order chi connectivity index (χ1) is 15.2. The molecule has 2 aliphatic rings. The van der Waals surface area contributed by atoms with E-state index < -0.39 is 46.8 Å². The molecule has 1 aromatic heterocycles. The van der Waals surface area contributed by atoms with Crippen molar-refractivity contribution in [3.8, 4) is 0 Å². The van der Waals surface area contributed by atoms with Gasteiger partial charge >= 0.3 is 0 Å². The summed E-state index contributed by atoms with van der Waals surface area (Å²) in [6.45, 7) is 0.0910. The zero-order valence-corrected chi connectivity index (χ0v) is 16.8. The van der Waals surface area contributed by atoms with E-state index in [0.717, 1.165) is 24.3 Å². The highest BCUT2D eigenvalue weighted by Crippen LogP contribution is 2.35. The number of aromatic amines is 1. The number of fused-ring (bicyclic) bond motifs is 4. The van der Waals surface area contributed by atoms with Crippen LogP contribution in [0.15, 0.2) is 29.1 Å². The van der Waals surface area contributed by atoms with Crippen molar-refractivity contribution in [2.24, 2.45) is 0 Å². The number of carbonyl (C=O) groups is 1. The lowest BCUT2D eigenvalue weighted by molar-refractivity contribution is -0.134. The second kappa shape index (κ2) is 7.33. The lowest BCUT2D eigenvalue weighted by Crippen LogP contribution is -2.44. The van der Waals surface area contributed by atoms with Gasteiger partial charge in [0, 0.05) is 42.0 Å². The number of nitrogens with zero attached hydrogens (tertiary/aromatic N) is 1. The van der Waals surface area contributed by atoms with Crippen molar-refractivity contribution < 1.29 is 27.1 Å². The van der Waals surface area contributed by atoms with Crippen LogP contribution < -0.4 is 10.9 Å². The fourth-order valence-corrected chi connectivity index (χ4v) is 4.48. The molecule has 0 aliphatic carbocycles. The van der Waals surface area contributed by atoms with Crippen LogP contribution >= 0.6 is 0 Å². The molecule has 6 nitrogen and oxygen atoms in total. The lowest BCUT2D eigenvalue weighted by atomic mass is 9.95. The minimum absolute atomic E-state index is 0.0251. The van der Waals surface area contributed by atoms with Gasteiger partial charge in [-0.3, -0.25) is 9.59 Å². The van der Waals surface area contributed by atoms with Crippen LogP contribution in [0.25, 0.3) is 10.8 Å². The number of aromatic nitrogens is 1. The molecule has 166 valence electrons. The van der Waals surface area contributed by atoms with Crippen LogP contribution in [0.2, 0.25) is 0 Å². The number of benzene rings is 2. The smallest absolute Gasteiger partial charge is 0.256 e. The van der Waals surface area contributed by atoms with E-state index in [9.17, 15) is 27.2 Å². The summed E-state index contributed by atoms with van der Waals surface area (Å²) in [4.78, 5) is 29.6. The van der Waals surface area contributed by atoms with Gasteiger partial charge in [0.15, 0.2) is 11.6 Å². The number of likely N-dealkylation sites (N-methyl/N-ethyl adjacent to an activating group) is 1. The number of hydrogen-bond donors (Lipinski definition) is 2. The Bertz CT molecular complexity index is 1340. The molecule has 32 heavy (non-hydrogen) atoms. The van der Waals surface area contributed by atoms with Gasteiger partial charge in [-0.05, 0) is 23.6 Å². The molecule has 3 heterocycles. The number of anilines is 1. The third-order valence-corrected chi connectivity index (χ3v) is 6.05. The van der Waals surface area contributed by atoms with E-state index in [-0.39, 0.29) is 41.7 Å². The summed E-state index contributed by atoms with van der Waals surface area (Å²) in [5.74, 6) is -4.19. The van der Waals surface area contributed by atoms with Crippen molar-refractivity contribution >= 4 is 22.4 Å². The SMILES string of the molecule is CN(C(=O)[C@H]1Cc2c(F)cc(F)cc2N1)[C@H]1COCc2[nH]c(=O)c3cc(F)c(F)cc3c21. The van der Waals surface area contributed by atoms with E-state index >= 15 is 0 Å². The zero-order chi connectivity index (χ0) is 22.7. The Hall–Kier alpha value is -3.40. The summed E-state index contributed by atoms with van der Waals surface area (Å²) < 4.78 is 61.0. The number of hydrogen-bond acceptors (Lipinski definition) is 4. The molecule has 2 atom stereocenters. The van der Waals surface area contributed by atoms with E-state index in [1.165, 1.54) is 11.9 Å². The molecule has 3 aromatic rings. The van der Waals surface area contributed by atoms with Crippen LogP contribution in [0.1, 0.15) is 22.9 Å². The lowest BCUT2D eigenvalue weighted by Gasteiger charge is -2.35. The normalized spacial score (nSPS) is 19.4. The average Bonchev–Trinajstić information content (AvgIpc) is 3.18. The van der Waals surface area contributed by atoms with Gasteiger partial charge in [0.05, 0.1) is 24.6 Å². The second-order valence-corrected chi connectivity index (χ2v) is 7.95. The van der Waals surface area contributed by atoms with Crippen LogP contribution in [0.4, 0.5) is 23.2 Å². The Morgan fingerprint density at radius 3 is 2.53 bits per heavy atom. The minimum Gasteiger partial charge on any atom is -0.373 e. The second-order valence-electron chi connectivity index (χ2n) is 7.95. The molecule has 0 radical (unpaired) electrons. The van der Waals surface area contributed by atoms with Crippen molar-refractivity contribution in [3.05, 3.63) is 74.7 Å². The number of pyridine rings is 1. The van der Waals surface area contributed by atoms with Crippen LogP contribution in [0.5, 0.6) is 0 Å².